The molecule has 7 heteroatoms. The van der Waals surface area contributed by atoms with Crippen molar-refractivity contribution in [2.45, 2.75) is 25.7 Å². The van der Waals surface area contributed by atoms with Gasteiger partial charge in [-0.05, 0) is 37.5 Å². The van der Waals surface area contributed by atoms with Crippen molar-refractivity contribution >= 4 is 21.7 Å². The van der Waals surface area contributed by atoms with Gasteiger partial charge in [0.2, 0.25) is 0 Å². The number of aryl methyl sites for hydroxylation is 2. The number of carbonyl (C=O) groups excluding carboxylic acids is 1. The lowest BCUT2D eigenvalue weighted by molar-refractivity contribution is 0.253. The predicted octanol–water partition coefficient (Wildman–Crippen LogP) is 0.551. The number of sulfonamides is 1. The second-order valence-electron chi connectivity index (χ2n) is 3.85. The molecule has 0 aliphatic heterocycles. The van der Waals surface area contributed by atoms with E-state index < -0.39 is 16.1 Å². The van der Waals surface area contributed by atoms with Gasteiger partial charge in [-0.25, -0.2) is 17.9 Å². The molecule has 0 spiro atoms. The molecule has 0 aliphatic carbocycles. The molecule has 0 unspecified atom stereocenters. The average Bonchev–Trinajstić information content (AvgIpc) is 2.11. The van der Waals surface area contributed by atoms with Crippen molar-refractivity contribution < 1.29 is 13.2 Å². The van der Waals surface area contributed by atoms with Gasteiger partial charge in [0.1, 0.15) is 0 Å². The van der Waals surface area contributed by atoms with Gasteiger partial charge in [-0.15, -0.1) is 0 Å². The Morgan fingerprint density at radius 1 is 1.24 bits per heavy atom. The maximum Gasteiger partial charge on any atom is 0.326 e. The second-order valence-corrected chi connectivity index (χ2v) is 5.47. The molecule has 0 bridgehead atoms. The van der Waals surface area contributed by atoms with Gasteiger partial charge in [-0.2, -0.15) is 0 Å². The highest BCUT2D eigenvalue weighted by Gasteiger charge is 2.23. The normalized spacial score (nSPS) is 11.2. The van der Waals surface area contributed by atoms with Crippen molar-refractivity contribution in [3.63, 3.8) is 0 Å². The molecule has 2 amide bonds. The van der Waals surface area contributed by atoms with Crippen LogP contribution in [0.1, 0.15) is 16.7 Å². The summed E-state index contributed by atoms with van der Waals surface area (Å²) in [5.41, 5.74) is 12.7. The Kier molecular flexibility index (Phi) is 3.33. The fourth-order valence-electron chi connectivity index (χ4n) is 1.78. The number of nitrogens with one attached hydrogen (secondary N) is 1. The smallest absolute Gasteiger partial charge is 0.326 e. The average molecular weight is 257 g/mol. The Labute approximate surface area is 100 Å². The first-order valence-corrected chi connectivity index (χ1v) is 6.33. The lowest BCUT2D eigenvalue weighted by Gasteiger charge is -2.14. The van der Waals surface area contributed by atoms with Gasteiger partial charge in [-0.1, -0.05) is 6.07 Å². The molecule has 0 saturated heterocycles. The van der Waals surface area contributed by atoms with E-state index in [0.717, 1.165) is 5.56 Å². The third-order valence-corrected chi connectivity index (χ3v) is 4.10. The van der Waals surface area contributed by atoms with E-state index >= 15 is 0 Å². The number of hydrogen-bond acceptors (Lipinski definition) is 4. The zero-order valence-corrected chi connectivity index (χ0v) is 10.7. The van der Waals surface area contributed by atoms with Gasteiger partial charge in [-0.3, -0.25) is 0 Å². The van der Waals surface area contributed by atoms with Crippen LogP contribution in [0.15, 0.2) is 11.0 Å². The number of rotatable bonds is 2. The Morgan fingerprint density at radius 3 is 2.24 bits per heavy atom. The van der Waals surface area contributed by atoms with Crippen LogP contribution in [-0.4, -0.2) is 14.4 Å². The predicted molar refractivity (Wildman–Crippen MR) is 65.0 cm³/mol. The molecule has 0 heterocycles. The summed E-state index contributed by atoms with van der Waals surface area (Å²) in [6.07, 6.45) is 0. The van der Waals surface area contributed by atoms with E-state index in [4.69, 9.17) is 11.5 Å². The molecule has 0 aromatic heterocycles. The van der Waals surface area contributed by atoms with Gasteiger partial charge in [0.05, 0.1) is 4.90 Å². The highest BCUT2D eigenvalue weighted by atomic mass is 32.2. The van der Waals surface area contributed by atoms with E-state index in [-0.39, 0.29) is 4.90 Å². The summed E-state index contributed by atoms with van der Waals surface area (Å²) in [7, 11) is -3.96. The maximum absolute atomic E-state index is 11.9. The summed E-state index contributed by atoms with van der Waals surface area (Å²) in [5.74, 6) is 0. The molecule has 1 aromatic rings. The summed E-state index contributed by atoms with van der Waals surface area (Å²) in [5, 5.41) is 0. The molecule has 0 saturated carbocycles. The number of nitrogens with two attached hydrogens (primary N) is 2. The first-order valence-electron chi connectivity index (χ1n) is 4.85. The molecule has 0 radical (unpaired) electrons. The molecule has 1 aromatic carbocycles. The lowest BCUT2D eigenvalue weighted by Crippen LogP contribution is -2.35. The number of hydrogen-bond donors (Lipinski definition) is 3. The SMILES string of the molecule is Cc1cc(C)c(S(=O)(=O)NC(N)=O)c(C)c1N. The Bertz CT molecular complexity index is 579. The standard InChI is InChI=1S/C10H15N3O3S/c1-5-4-6(2)9(7(3)8(5)11)17(15,16)13-10(12)14/h4H,11H2,1-3H3,(H3,12,13,14). The number of primary amides is 1. The fourth-order valence-corrected chi connectivity index (χ4v) is 3.14. The third kappa shape index (κ3) is 2.50. The fraction of sp³-hybridized carbons (Fsp3) is 0.300. The largest absolute Gasteiger partial charge is 0.398 e. The number of benzene rings is 1. The van der Waals surface area contributed by atoms with Gasteiger partial charge in [0.15, 0.2) is 0 Å². The summed E-state index contributed by atoms with van der Waals surface area (Å²) in [6, 6.07) is 0.528. The van der Waals surface area contributed by atoms with Gasteiger partial charge >= 0.3 is 6.03 Å². The van der Waals surface area contributed by atoms with Crippen LogP contribution in [0.3, 0.4) is 0 Å². The lowest BCUT2D eigenvalue weighted by atomic mass is 10.1. The minimum absolute atomic E-state index is 0.000556. The highest BCUT2D eigenvalue weighted by molar-refractivity contribution is 7.90. The van der Waals surface area contributed by atoms with E-state index in [1.54, 1.807) is 31.6 Å². The quantitative estimate of drug-likeness (QED) is 0.671. The van der Waals surface area contributed by atoms with Crippen LogP contribution in [0.4, 0.5) is 10.5 Å². The van der Waals surface area contributed by atoms with Crippen LogP contribution < -0.4 is 16.2 Å². The molecule has 0 aliphatic rings. The topological polar surface area (TPSA) is 115 Å². The van der Waals surface area contributed by atoms with Crippen molar-refractivity contribution in [2.24, 2.45) is 5.73 Å². The van der Waals surface area contributed by atoms with Gasteiger partial charge in [0, 0.05) is 5.69 Å². The Hall–Kier alpha value is -1.76. The molecule has 0 atom stereocenters. The molecule has 6 nitrogen and oxygen atoms in total. The summed E-state index contributed by atoms with van der Waals surface area (Å²) in [6.45, 7) is 5.01. The molecular weight excluding hydrogens is 242 g/mol. The number of anilines is 1. The zero-order valence-electron chi connectivity index (χ0n) is 9.87. The van der Waals surface area contributed by atoms with E-state index in [9.17, 15) is 13.2 Å². The second kappa shape index (κ2) is 4.25. The minimum atomic E-state index is -3.96. The van der Waals surface area contributed by atoms with Crippen molar-refractivity contribution in [2.75, 3.05) is 5.73 Å². The first-order chi connectivity index (χ1) is 7.66. The zero-order chi connectivity index (χ0) is 13.4. The molecular formula is C10H15N3O3S. The van der Waals surface area contributed by atoms with Crippen LogP contribution in [0.5, 0.6) is 0 Å². The Morgan fingerprint density at radius 2 is 1.76 bits per heavy atom. The number of urea groups is 1. The van der Waals surface area contributed by atoms with Crippen LogP contribution >= 0.6 is 0 Å². The van der Waals surface area contributed by atoms with Crippen molar-refractivity contribution in [3.05, 3.63) is 22.8 Å². The van der Waals surface area contributed by atoms with Crippen molar-refractivity contribution in [1.82, 2.24) is 4.72 Å². The van der Waals surface area contributed by atoms with Crippen molar-refractivity contribution in [3.8, 4) is 0 Å². The molecule has 1 rings (SSSR count). The molecule has 17 heavy (non-hydrogen) atoms. The highest BCUT2D eigenvalue weighted by Crippen LogP contribution is 2.27. The van der Waals surface area contributed by atoms with E-state index in [0.29, 0.717) is 16.8 Å². The van der Waals surface area contributed by atoms with E-state index in [1.165, 1.54) is 0 Å². The maximum atomic E-state index is 11.9. The number of amides is 2. The van der Waals surface area contributed by atoms with E-state index in [2.05, 4.69) is 0 Å². The van der Waals surface area contributed by atoms with Gasteiger partial charge in [0.25, 0.3) is 10.0 Å². The third-order valence-electron chi connectivity index (χ3n) is 2.46. The van der Waals surface area contributed by atoms with Crippen LogP contribution in [0, 0.1) is 20.8 Å². The summed E-state index contributed by atoms with van der Waals surface area (Å²) >= 11 is 0. The molecule has 94 valence electrons. The van der Waals surface area contributed by atoms with Crippen LogP contribution in [0.25, 0.3) is 0 Å². The van der Waals surface area contributed by atoms with Crippen molar-refractivity contribution in [1.29, 1.82) is 0 Å². The summed E-state index contributed by atoms with van der Waals surface area (Å²) in [4.78, 5) is 10.7. The molecule has 5 N–H and O–H groups in total. The molecule has 0 fully saturated rings. The Balaban J connectivity index is 3.53. The number of carbonyl (C=O) groups is 1. The van der Waals surface area contributed by atoms with Crippen LogP contribution in [-0.2, 0) is 10.0 Å². The number of nitrogen functional groups attached to an aromatic ring is 1. The van der Waals surface area contributed by atoms with E-state index in [1.807, 2.05) is 0 Å². The monoisotopic (exact) mass is 257 g/mol. The minimum Gasteiger partial charge on any atom is -0.398 e. The van der Waals surface area contributed by atoms with Crippen LogP contribution in [0.2, 0.25) is 0 Å². The van der Waals surface area contributed by atoms with Gasteiger partial charge < -0.3 is 11.5 Å². The first kappa shape index (κ1) is 13.3. The summed E-state index contributed by atoms with van der Waals surface area (Å²) < 4.78 is 25.5.